The van der Waals surface area contributed by atoms with Crippen molar-refractivity contribution in [3.8, 4) is 0 Å². The average Bonchev–Trinajstić information content (AvgIpc) is 2.97. The van der Waals surface area contributed by atoms with Gasteiger partial charge < -0.3 is 10.2 Å². The van der Waals surface area contributed by atoms with Crippen LogP contribution in [0.5, 0.6) is 0 Å². The van der Waals surface area contributed by atoms with Crippen LogP contribution in [0.4, 0.5) is 0 Å². The first-order chi connectivity index (χ1) is 10.6. The van der Waals surface area contributed by atoms with Crippen molar-refractivity contribution in [3.05, 3.63) is 28.8 Å². The quantitative estimate of drug-likeness (QED) is 0.808. The SMILES string of the molecule is CCSc1ccc(Cl)cc1C(=O)N1CCC2(CCNC2)CC1.Cl. The van der Waals surface area contributed by atoms with Crippen LogP contribution in [0.3, 0.4) is 0 Å². The zero-order valence-corrected chi connectivity index (χ0v) is 15.8. The van der Waals surface area contributed by atoms with Crippen LogP contribution in [0.1, 0.15) is 36.5 Å². The van der Waals surface area contributed by atoms with Gasteiger partial charge in [0, 0.05) is 29.6 Å². The van der Waals surface area contributed by atoms with Gasteiger partial charge in [-0.25, -0.2) is 0 Å². The highest BCUT2D eigenvalue weighted by atomic mass is 35.5. The smallest absolute Gasteiger partial charge is 0.255 e. The summed E-state index contributed by atoms with van der Waals surface area (Å²) in [5, 5.41) is 4.10. The van der Waals surface area contributed by atoms with Crippen molar-refractivity contribution in [2.24, 2.45) is 5.41 Å². The molecule has 0 bridgehead atoms. The normalized spacial score (nSPS) is 19.7. The number of piperidine rings is 1. The number of carbonyl (C=O) groups is 1. The van der Waals surface area contributed by atoms with E-state index in [1.54, 1.807) is 11.8 Å². The van der Waals surface area contributed by atoms with E-state index >= 15 is 0 Å². The maximum absolute atomic E-state index is 12.9. The van der Waals surface area contributed by atoms with E-state index in [0.717, 1.165) is 55.2 Å². The van der Waals surface area contributed by atoms with Crippen molar-refractivity contribution in [1.29, 1.82) is 0 Å². The summed E-state index contributed by atoms with van der Waals surface area (Å²) in [5.74, 6) is 1.09. The van der Waals surface area contributed by atoms with E-state index in [2.05, 4.69) is 12.2 Å². The van der Waals surface area contributed by atoms with Gasteiger partial charge in [0.05, 0.1) is 5.56 Å². The fraction of sp³-hybridized carbons (Fsp3) is 0.588. The van der Waals surface area contributed by atoms with Crippen molar-refractivity contribution in [3.63, 3.8) is 0 Å². The second kappa shape index (κ2) is 8.11. The van der Waals surface area contributed by atoms with Gasteiger partial charge in [0.1, 0.15) is 0 Å². The fourth-order valence-corrected chi connectivity index (χ4v) is 4.48. The molecule has 2 fully saturated rings. The van der Waals surface area contributed by atoms with Gasteiger partial charge in [0.25, 0.3) is 5.91 Å². The first-order valence-corrected chi connectivity index (χ1v) is 9.42. The summed E-state index contributed by atoms with van der Waals surface area (Å²) in [6.45, 7) is 6.07. The number of rotatable bonds is 3. The largest absolute Gasteiger partial charge is 0.339 e. The Labute approximate surface area is 153 Å². The molecule has 0 aromatic heterocycles. The predicted octanol–water partition coefficient (Wildman–Crippen LogP) is 4.09. The van der Waals surface area contributed by atoms with Gasteiger partial charge in [-0.15, -0.1) is 24.2 Å². The Morgan fingerprint density at radius 1 is 1.35 bits per heavy atom. The molecule has 3 rings (SSSR count). The predicted molar refractivity (Wildman–Crippen MR) is 100 cm³/mol. The molecule has 128 valence electrons. The van der Waals surface area contributed by atoms with Crippen molar-refractivity contribution in [2.45, 2.75) is 31.1 Å². The van der Waals surface area contributed by atoms with Gasteiger partial charge >= 0.3 is 0 Å². The molecule has 0 saturated carbocycles. The van der Waals surface area contributed by atoms with E-state index in [1.807, 2.05) is 23.1 Å². The van der Waals surface area contributed by atoms with Crippen molar-refractivity contribution in [2.75, 3.05) is 31.9 Å². The number of hydrogen-bond donors (Lipinski definition) is 1. The van der Waals surface area contributed by atoms with Crippen LogP contribution < -0.4 is 5.32 Å². The highest BCUT2D eigenvalue weighted by Gasteiger charge is 2.38. The lowest BCUT2D eigenvalue weighted by molar-refractivity contribution is 0.0604. The summed E-state index contributed by atoms with van der Waals surface area (Å²) in [7, 11) is 0. The highest BCUT2D eigenvalue weighted by molar-refractivity contribution is 7.99. The van der Waals surface area contributed by atoms with Gasteiger partial charge in [0.15, 0.2) is 0 Å². The maximum Gasteiger partial charge on any atom is 0.255 e. The Hall–Kier alpha value is -0.420. The summed E-state index contributed by atoms with van der Waals surface area (Å²) in [5.41, 5.74) is 1.20. The minimum absolute atomic E-state index is 0. The zero-order chi connectivity index (χ0) is 15.6. The van der Waals surface area contributed by atoms with Gasteiger partial charge in [-0.1, -0.05) is 18.5 Å². The third kappa shape index (κ3) is 4.16. The Kier molecular flexibility index (Phi) is 6.66. The lowest BCUT2D eigenvalue weighted by Crippen LogP contribution is -2.44. The second-order valence-electron chi connectivity index (χ2n) is 6.29. The van der Waals surface area contributed by atoms with E-state index in [9.17, 15) is 4.79 Å². The Morgan fingerprint density at radius 3 is 2.70 bits per heavy atom. The van der Waals surface area contributed by atoms with E-state index in [0.29, 0.717) is 10.4 Å². The lowest BCUT2D eigenvalue weighted by Gasteiger charge is -2.39. The number of halogens is 2. The molecule has 3 nitrogen and oxygen atoms in total. The van der Waals surface area contributed by atoms with Crippen molar-refractivity contribution >= 4 is 41.7 Å². The van der Waals surface area contributed by atoms with Gasteiger partial charge in [-0.05, 0) is 55.2 Å². The molecule has 2 aliphatic heterocycles. The fourth-order valence-electron chi connectivity index (χ4n) is 3.53. The number of likely N-dealkylation sites (tertiary alicyclic amines) is 1. The summed E-state index contributed by atoms with van der Waals surface area (Å²) in [6.07, 6.45) is 3.48. The van der Waals surface area contributed by atoms with E-state index in [-0.39, 0.29) is 18.3 Å². The monoisotopic (exact) mass is 374 g/mol. The first-order valence-electron chi connectivity index (χ1n) is 8.06. The topological polar surface area (TPSA) is 32.3 Å². The average molecular weight is 375 g/mol. The summed E-state index contributed by atoms with van der Waals surface area (Å²) in [4.78, 5) is 15.9. The Balaban J connectivity index is 0.00000192. The molecule has 1 aromatic rings. The third-order valence-electron chi connectivity index (χ3n) is 4.92. The van der Waals surface area contributed by atoms with Crippen LogP contribution in [0, 0.1) is 5.41 Å². The minimum atomic E-state index is 0. The molecule has 2 aliphatic rings. The molecule has 0 radical (unpaired) electrons. The number of hydrogen-bond acceptors (Lipinski definition) is 3. The lowest BCUT2D eigenvalue weighted by atomic mass is 9.78. The number of benzene rings is 1. The van der Waals surface area contributed by atoms with E-state index in [4.69, 9.17) is 11.6 Å². The molecule has 0 aliphatic carbocycles. The van der Waals surface area contributed by atoms with E-state index in [1.165, 1.54) is 6.42 Å². The molecule has 1 spiro atoms. The van der Waals surface area contributed by atoms with Gasteiger partial charge in [-0.3, -0.25) is 4.79 Å². The van der Waals surface area contributed by atoms with Gasteiger partial charge in [0.2, 0.25) is 0 Å². The minimum Gasteiger partial charge on any atom is -0.339 e. The molecule has 6 heteroatoms. The molecule has 1 aromatic carbocycles. The molecular formula is C17H24Cl2N2OS. The Morgan fingerprint density at radius 2 is 2.09 bits per heavy atom. The number of nitrogens with one attached hydrogen (secondary N) is 1. The van der Waals surface area contributed by atoms with Crippen LogP contribution in [-0.4, -0.2) is 42.7 Å². The van der Waals surface area contributed by atoms with Crippen LogP contribution >= 0.6 is 35.8 Å². The first kappa shape index (κ1) is 18.9. The second-order valence-corrected chi connectivity index (χ2v) is 8.03. The molecule has 1 N–H and O–H groups in total. The van der Waals surface area contributed by atoms with Crippen molar-refractivity contribution in [1.82, 2.24) is 10.2 Å². The van der Waals surface area contributed by atoms with Crippen LogP contribution in [0.2, 0.25) is 5.02 Å². The summed E-state index contributed by atoms with van der Waals surface area (Å²) in [6, 6.07) is 5.66. The van der Waals surface area contributed by atoms with Gasteiger partial charge in [-0.2, -0.15) is 0 Å². The molecule has 2 saturated heterocycles. The third-order valence-corrected chi connectivity index (χ3v) is 6.11. The van der Waals surface area contributed by atoms with E-state index < -0.39 is 0 Å². The maximum atomic E-state index is 12.9. The van der Waals surface area contributed by atoms with Crippen molar-refractivity contribution < 1.29 is 4.79 Å². The molecule has 23 heavy (non-hydrogen) atoms. The molecule has 2 heterocycles. The molecule has 1 amide bonds. The summed E-state index contributed by atoms with van der Waals surface area (Å²) >= 11 is 7.82. The summed E-state index contributed by atoms with van der Waals surface area (Å²) < 4.78 is 0. The molecule has 0 atom stereocenters. The Bertz CT molecular complexity index is 552. The standard InChI is InChI=1S/C17H23ClN2OS.ClH/c1-2-22-15-4-3-13(18)11-14(15)16(21)20-9-6-17(7-10-20)5-8-19-12-17;/h3-4,11,19H,2,5-10,12H2,1H3;1H. The number of amides is 1. The van der Waals surface area contributed by atoms with Crippen LogP contribution in [0.25, 0.3) is 0 Å². The van der Waals surface area contributed by atoms with Crippen LogP contribution in [0.15, 0.2) is 23.1 Å². The van der Waals surface area contributed by atoms with Crippen LogP contribution in [-0.2, 0) is 0 Å². The highest BCUT2D eigenvalue weighted by Crippen LogP contribution is 2.37. The number of thioether (sulfide) groups is 1. The number of carbonyl (C=O) groups excluding carboxylic acids is 1. The molecule has 0 unspecified atom stereocenters. The zero-order valence-electron chi connectivity index (χ0n) is 13.4. The molecular weight excluding hydrogens is 351 g/mol. The number of nitrogens with zero attached hydrogens (tertiary/aromatic N) is 1.